The number of ether oxygens (including phenoxy) is 1. The summed E-state index contributed by atoms with van der Waals surface area (Å²) < 4.78 is 5.67. The van der Waals surface area contributed by atoms with Gasteiger partial charge in [0.2, 0.25) is 0 Å². The van der Waals surface area contributed by atoms with Gasteiger partial charge in [-0.05, 0) is 44.0 Å². The zero-order valence-corrected chi connectivity index (χ0v) is 14.3. The Bertz CT molecular complexity index is 429. The Hall–Kier alpha value is -1.77. The number of terminal acetylenes is 1. The third-order valence-corrected chi connectivity index (χ3v) is 3.49. The minimum absolute atomic E-state index is 0.704. The molecule has 5 heteroatoms. The molecule has 4 nitrogen and oxygen atoms in total. The van der Waals surface area contributed by atoms with E-state index in [1.165, 1.54) is 4.90 Å². The van der Waals surface area contributed by atoms with Crippen molar-refractivity contribution in [3.63, 3.8) is 0 Å². The fourth-order valence-electron chi connectivity index (χ4n) is 1.58. The van der Waals surface area contributed by atoms with Gasteiger partial charge in [-0.1, -0.05) is 0 Å². The quantitative estimate of drug-likeness (QED) is 0.351. The maximum atomic E-state index is 5.82. The van der Waals surface area contributed by atoms with E-state index in [2.05, 4.69) is 41.9 Å². The third kappa shape index (κ3) is 10.0. The minimum Gasteiger partial charge on any atom is -0.494 e. The Balaban J connectivity index is 0.00000211. The number of nitrogens with two attached hydrogens (primary N) is 1. The van der Waals surface area contributed by atoms with Crippen LogP contribution in [0.15, 0.2) is 41.1 Å². The van der Waals surface area contributed by atoms with Crippen molar-refractivity contribution in [3.8, 4) is 18.6 Å². The normalized spacial score (nSPS) is 10.5. The van der Waals surface area contributed by atoms with Crippen LogP contribution in [-0.4, -0.2) is 33.0 Å². The molecule has 1 aromatic rings. The second-order valence-electron chi connectivity index (χ2n) is 4.40. The first-order chi connectivity index (χ1) is 10.8. The standard InChI is InChI=1S/C15H25N3OS.C2H2/c1-17-10-8-13(16)12-18-9-3-11-19-14-4-6-15(20-2)7-5-14;1-2/h4-7,12,17-18H,3,8-11,16H2,1-2H3;1-2H/b13-12-;. The van der Waals surface area contributed by atoms with Gasteiger partial charge in [0.05, 0.1) is 6.61 Å². The van der Waals surface area contributed by atoms with Crippen LogP contribution in [0.25, 0.3) is 0 Å². The molecule has 0 radical (unpaired) electrons. The highest BCUT2D eigenvalue weighted by Gasteiger charge is 1.94. The minimum atomic E-state index is 0.704. The molecule has 0 aliphatic carbocycles. The van der Waals surface area contributed by atoms with E-state index in [9.17, 15) is 0 Å². The first-order valence-corrected chi connectivity index (χ1v) is 8.41. The fraction of sp³-hybridized carbons (Fsp3) is 0.412. The summed E-state index contributed by atoms with van der Waals surface area (Å²) in [5.41, 5.74) is 6.69. The van der Waals surface area contributed by atoms with Gasteiger partial charge in [0.25, 0.3) is 0 Å². The molecule has 0 bridgehead atoms. The van der Waals surface area contributed by atoms with E-state index in [1.54, 1.807) is 11.8 Å². The van der Waals surface area contributed by atoms with Crippen molar-refractivity contribution in [3.05, 3.63) is 36.2 Å². The van der Waals surface area contributed by atoms with Crippen molar-refractivity contribution >= 4 is 11.8 Å². The molecule has 122 valence electrons. The summed E-state index contributed by atoms with van der Waals surface area (Å²) in [5, 5.41) is 6.27. The average molecular weight is 321 g/mol. The lowest BCUT2D eigenvalue weighted by Crippen LogP contribution is -2.16. The second kappa shape index (κ2) is 14.2. The Morgan fingerprint density at radius 3 is 2.55 bits per heavy atom. The highest BCUT2D eigenvalue weighted by Crippen LogP contribution is 2.18. The molecular weight excluding hydrogens is 294 g/mol. The Morgan fingerprint density at radius 1 is 1.27 bits per heavy atom. The fourth-order valence-corrected chi connectivity index (χ4v) is 1.99. The Morgan fingerprint density at radius 2 is 1.95 bits per heavy atom. The third-order valence-electron chi connectivity index (χ3n) is 2.74. The summed E-state index contributed by atoms with van der Waals surface area (Å²) in [7, 11) is 1.92. The summed E-state index contributed by atoms with van der Waals surface area (Å²) in [6.07, 6.45) is 13.8. The average Bonchev–Trinajstić information content (AvgIpc) is 2.58. The maximum Gasteiger partial charge on any atom is 0.119 e. The van der Waals surface area contributed by atoms with Gasteiger partial charge in [-0.15, -0.1) is 24.6 Å². The lowest BCUT2D eigenvalue weighted by atomic mass is 10.3. The van der Waals surface area contributed by atoms with Crippen LogP contribution in [0.2, 0.25) is 0 Å². The Kier molecular flexibility index (Phi) is 13.0. The molecule has 22 heavy (non-hydrogen) atoms. The van der Waals surface area contributed by atoms with Crippen LogP contribution >= 0.6 is 11.8 Å². The summed E-state index contributed by atoms with van der Waals surface area (Å²) in [6.45, 7) is 2.47. The zero-order chi connectivity index (χ0) is 16.6. The van der Waals surface area contributed by atoms with E-state index in [-0.39, 0.29) is 0 Å². The first kappa shape index (κ1) is 20.2. The van der Waals surface area contributed by atoms with Gasteiger partial charge >= 0.3 is 0 Å². The van der Waals surface area contributed by atoms with Gasteiger partial charge in [-0.25, -0.2) is 0 Å². The second-order valence-corrected chi connectivity index (χ2v) is 5.28. The summed E-state index contributed by atoms with van der Waals surface area (Å²) in [4.78, 5) is 1.25. The van der Waals surface area contributed by atoms with Crippen molar-refractivity contribution in [1.29, 1.82) is 0 Å². The van der Waals surface area contributed by atoms with E-state index in [0.717, 1.165) is 37.4 Å². The van der Waals surface area contributed by atoms with Crippen LogP contribution in [0.4, 0.5) is 0 Å². The lowest BCUT2D eigenvalue weighted by molar-refractivity contribution is 0.310. The topological polar surface area (TPSA) is 59.3 Å². The van der Waals surface area contributed by atoms with E-state index in [0.29, 0.717) is 6.61 Å². The first-order valence-electron chi connectivity index (χ1n) is 7.19. The summed E-state index contributed by atoms with van der Waals surface area (Å²) in [5.74, 6) is 0.923. The molecule has 0 aliphatic heterocycles. The predicted molar refractivity (Wildman–Crippen MR) is 97.0 cm³/mol. The molecule has 0 heterocycles. The zero-order valence-electron chi connectivity index (χ0n) is 13.5. The number of thioether (sulfide) groups is 1. The van der Waals surface area contributed by atoms with Crippen LogP contribution in [0, 0.1) is 12.8 Å². The van der Waals surface area contributed by atoms with E-state index >= 15 is 0 Å². The molecule has 0 saturated heterocycles. The summed E-state index contributed by atoms with van der Waals surface area (Å²) >= 11 is 1.73. The van der Waals surface area contributed by atoms with E-state index in [1.807, 2.05) is 25.4 Å². The molecule has 0 unspecified atom stereocenters. The van der Waals surface area contributed by atoms with Crippen LogP contribution in [-0.2, 0) is 0 Å². The molecule has 1 rings (SSSR count). The Labute approximate surface area is 138 Å². The van der Waals surface area contributed by atoms with E-state index < -0.39 is 0 Å². The van der Waals surface area contributed by atoms with Crippen LogP contribution in [0.5, 0.6) is 5.75 Å². The predicted octanol–water partition coefficient (Wildman–Crippen LogP) is 2.43. The van der Waals surface area contributed by atoms with Crippen LogP contribution in [0.1, 0.15) is 12.8 Å². The monoisotopic (exact) mass is 321 g/mol. The van der Waals surface area contributed by atoms with Gasteiger partial charge in [-0.3, -0.25) is 0 Å². The van der Waals surface area contributed by atoms with Gasteiger partial charge in [0.15, 0.2) is 0 Å². The number of rotatable bonds is 10. The van der Waals surface area contributed by atoms with Gasteiger partial charge in [0.1, 0.15) is 5.75 Å². The molecule has 0 aliphatic rings. The van der Waals surface area contributed by atoms with E-state index in [4.69, 9.17) is 10.5 Å². The van der Waals surface area contributed by atoms with Crippen LogP contribution < -0.4 is 21.1 Å². The molecule has 0 fully saturated rings. The van der Waals surface area contributed by atoms with Crippen molar-refractivity contribution in [1.82, 2.24) is 10.6 Å². The largest absolute Gasteiger partial charge is 0.494 e. The van der Waals surface area contributed by atoms with Crippen LogP contribution in [0.3, 0.4) is 0 Å². The van der Waals surface area contributed by atoms with Crippen molar-refractivity contribution in [2.45, 2.75) is 17.7 Å². The number of nitrogens with one attached hydrogen (secondary N) is 2. The number of benzene rings is 1. The molecule has 0 amide bonds. The highest BCUT2D eigenvalue weighted by atomic mass is 32.2. The van der Waals surface area contributed by atoms with Gasteiger partial charge < -0.3 is 21.1 Å². The summed E-state index contributed by atoms with van der Waals surface area (Å²) in [6, 6.07) is 8.16. The van der Waals surface area contributed by atoms with Gasteiger partial charge in [-0.2, -0.15) is 0 Å². The lowest BCUT2D eigenvalue weighted by Gasteiger charge is -2.07. The van der Waals surface area contributed by atoms with Crippen molar-refractivity contribution < 1.29 is 4.74 Å². The number of hydrogen-bond acceptors (Lipinski definition) is 5. The maximum absolute atomic E-state index is 5.82. The van der Waals surface area contributed by atoms with Crippen molar-refractivity contribution in [2.75, 3.05) is 33.0 Å². The molecule has 1 aromatic carbocycles. The molecule has 0 spiro atoms. The molecule has 0 aromatic heterocycles. The smallest absolute Gasteiger partial charge is 0.119 e. The highest BCUT2D eigenvalue weighted by molar-refractivity contribution is 7.98. The van der Waals surface area contributed by atoms with Crippen molar-refractivity contribution in [2.24, 2.45) is 5.73 Å². The molecule has 0 atom stereocenters. The number of hydrogen-bond donors (Lipinski definition) is 3. The SMILES string of the molecule is C#C.CNCC/C(N)=C/NCCCOc1ccc(SC)cc1. The molecular formula is C17H27N3OS. The van der Waals surface area contributed by atoms with Gasteiger partial charge in [0, 0.05) is 36.3 Å². The molecule has 0 saturated carbocycles. The molecule has 4 N–H and O–H groups in total.